The molecule has 1 atom stereocenters. The van der Waals surface area contributed by atoms with Crippen LogP contribution >= 0.6 is 11.8 Å². The van der Waals surface area contributed by atoms with Gasteiger partial charge in [-0.2, -0.15) is 5.26 Å². The molecule has 0 unspecified atom stereocenters. The number of non-ortho nitro benzene ring substituents is 1. The molecule has 0 bridgehead atoms. The minimum atomic E-state index is -0.995. The highest BCUT2D eigenvalue weighted by Gasteiger charge is 2.18. The summed E-state index contributed by atoms with van der Waals surface area (Å²) in [6, 6.07) is 14.0. The average molecular weight is 385 g/mol. The number of nitrogens with one attached hydrogen (secondary N) is 1. The van der Waals surface area contributed by atoms with E-state index >= 15 is 0 Å². The molecule has 27 heavy (non-hydrogen) atoms. The highest BCUT2D eigenvalue weighted by molar-refractivity contribution is 8.00. The van der Waals surface area contributed by atoms with Crippen LogP contribution in [0, 0.1) is 21.4 Å². The van der Waals surface area contributed by atoms with Gasteiger partial charge in [0.1, 0.15) is 0 Å². The van der Waals surface area contributed by atoms with Gasteiger partial charge in [0.25, 0.3) is 11.6 Å². The number of carbonyl (C=O) groups is 2. The van der Waals surface area contributed by atoms with E-state index in [0.717, 1.165) is 11.8 Å². The molecule has 0 aromatic heterocycles. The molecule has 0 heterocycles. The van der Waals surface area contributed by atoms with E-state index < -0.39 is 22.9 Å². The third-order valence-corrected chi connectivity index (χ3v) is 4.35. The quantitative estimate of drug-likeness (QED) is 0.336. The average Bonchev–Trinajstić information content (AvgIpc) is 2.67. The first-order chi connectivity index (χ1) is 12.9. The molecule has 0 radical (unpaired) electrons. The number of amides is 1. The summed E-state index contributed by atoms with van der Waals surface area (Å²) in [5.41, 5.74) is 0.924. The van der Waals surface area contributed by atoms with Crippen molar-refractivity contribution in [3.8, 4) is 6.07 Å². The maximum Gasteiger partial charge on any atom is 0.317 e. The molecule has 1 N–H and O–H groups in total. The van der Waals surface area contributed by atoms with E-state index in [9.17, 15) is 19.7 Å². The van der Waals surface area contributed by atoms with Crippen LogP contribution in [0.1, 0.15) is 12.5 Å². The molecular formula is C18H15N3O5S. The van der Waals surface area contributed by atoms with Gasteiger partial charge in [0.2, 0.25) is 0 Å². The molecule has 1 amide bonds. The number of nitro groups is 1. The SMILES string of the molecule is C[C@H](OC(=O)CSc1ccc([N+](=O)[O-])cc1)C(=O)Nc1ccc(C#N)cc1. The molecular weight excluding hydrogens is 370 g/mol. The predicted octanol–water partition coefficient (Wildman–Crippen LogP) is 3.13. The van der Waals surface area contributed by atoms with E-state index in [0.29, 0.717) is 16.1 Å². The fourth-order valence-corrected chi connectivity index (χ4v) is 2.64. The minimum absolute atomic E-state index is 0.0324. The Hall–Kier alpha value is -3.38. The number of ether oxygens (including phenoxy) is 1. The standard InChI is InChI=1S/C18H15N3O5S/c1-12(18(23)20-14-4-2-13(10-19)3-5-14)26-17(22)11-27-16-8-6-15(7-9-16)21(24)25/h2-9,12H,11H2,1H3,(H,20,23)/t12-/m0/s1. The van der Waals surface area contributed by atoms with Gasteiger partial charge < -0.3 is 10.1 Å². The fraction of sp³-hybridized carbons (Fsp3) is 0.167. The normalized spacial score (nSPS) is 11.1. The zero-order valence-corrected chi connectivity index (χ0v) is 15.1. The Labute approximate surface area is 159 Å². The van der Waals surface area contributed by atoms with Crippen molar-refractivity contribution in [1.29, 1.82) is 5.26 Å². The summed E-state index contributed by atoms with van der Waals surface area (Å²) in [5, 5.41) is 21.9. The number of nitriles is 1. The number of benzene rings is 2. The van der Waals surface area contributed by atoms with Gasteiger partial charge in [0.15, 0.2) is 6.10 Å². The van der Waals surface area contributed by atoms with Crippen molar-refractivity contribution in [2.75, 3.05) is 11.1 Å². The molecule has 2 aromatic rings. The van der Waals surface area contributed by atoms with Crippen LogP contribution in [0.2, 0.25) is 0 Å². The van der Waals surface area contributed by atoms with Gasteiger partial charge in [-0.1, -0.05) is 0 Å². The molecule has 8 nitrogen and oxygen atoms in total. The Morgan fingerprint density at radius 3 is 2.41 bits per heavy atom. The summed E-state index contributed by atoms with van der Waals surface area (Å²) < 4.78 is 5.08. The van der Waals surface area contributed by atoms with Crippen molar-refractivity contribution >= 4 is 35.0 Å². The van der Waals surface area contributed by atoms with Gasteiger partial charge in [0.05, 0.1) is 22.3 Å². The van der Waals surface area contributed by atoms with Crippen molar-refractivity contribution in [3.05, 3.63) is 64.2 Å². The van der Waals surface area contributed by atoms with E-state index in [1.165, 1.54) is 31.2 Å². The van der Waals surface area contributed by atoms with Crippen molar-refractivity contribution in [3.63, 3.8) is 0 Å². The van der Waals surface area contributed by atoms with Gasteiger partial charge in [-0.25, -0.2) is 0 Å². The van der Waals surface area contributed by atoms with Gasteiger partial charge in [0, 0.05) is 22.7 Å². The number of hydrogen-bond donors (Lipinski definition) is 1. The van der Waals surface area contributed by atoms with Crippen LogP contribution in [0.3, 0.4) is 0 Å². The maximum atomic E-state index is 12.1. The largest absolute Gasteiger partial charge is 0.452 e. The van der Waals surface area contributed by atoms with Crippen LogP contribution in [0.5, 0.6) is 0 Å². The third kappa shape index (κ3) is 6.13. The number of rotatable bonds is 7. The molecule has 0 aliphatic rings. The van der Waals surface area contributed by atoms with E-state index in [2.05, 4.69) is 5.32 Å². The van der Waals surface area contributed by atoms with Crippen LogP contribution in [-0.4, -0.2) is 28.7 Å². The second-order valence-electron chi connectivity index (χ2n) is 5.35. The van der Waals surface area contributed by atoms with E-state index in [4.69, 9.17) is 10.00 Å². The number of hydrogen-bond acceptors (Lipinski definition) is 7. The smallest absolute Gasteiger partial charge is 0.317 e. The topological polar surface area (TPSA) is 122 Å². The summed E-state index contributed by atoms with van der Waals surface area (Å²) in [6.07, 6.45) is -0.995. The molecule has 2 aromatic carbocycles. The molecule has 0 aliphatic heterocycles. The first-order valence-corrected chi connectivity index (χ1v) is 8.75. The molecule has 2 rings (SSSR count). The van der Waals surface area contributed by atoms with Crippen molar-refractivity contribution in [2.45, 2.75) is 17.9 Å². The van der Waals surface area contributed by atoms with Gasteiger partial charge in [-0.3, -0.25) is 19.7 Å². The predicted molar refractivity (Wildman–Crippen MR) is 99.2 cm³/mol. The fourth-order valence-electron chi connectivity index (χ4n) is 1.96. The summed E-state index contributed by atoms with van der Waals surface area (Å²) in [6.45, 7) is 1.45. The van der Waals surface area contributed by atoms with E-state index in [-0.39, 0.29) is 11.4 Å². The lowest BCUT2D eigenvalue weighted by atomic mass is 10.2. The van der Waals surface area contributed by atoms with Gasteiger partial charge in [-0.15, -0.1) is 11.8 Å². The number of anilines is 1. The second-order valence-corrected chi connectivity index (χ2v) is 6.40. The minimum Gasteiger partial charge on any atom is -0.452 e. The second kappa shape index (κ2) is 9.35. The van der Waals surface area contributed by atoms with E-state index in [1.807, 2.05) is 6.07 Å². The zero-order chi connectivity index (χ0) is 19.8. The first kappa shape index (κ1) is 19.9. The van der Waals surface area contributed by atoms with Crippen molar-refractivity contribution < 1.29 is 19.2 Å². The molecule has 138 valence electrons. The van der Waals surface area contributed by atoms with Crippen LogP contribution in [0.25, 0.3) is 0 Å². The van der Waals surface area contributed by atoms with Crippen molar-refractivity contribution in [1.82, 2.24) is 0 Å². The van der Waals surface area contributed by atoms with Crippen LogP contribution < -0.4 is 5.32 Å². The summed E-state index contributed by atoms with van der Waals surface area (Å²) in [5.74, 6) is -1.11. The maximum absolute atomic E-state index is 12.1. The molecule has 0 aliphatic carbocycles. The van der Waals surface area contributed by atoms with Gasteiger partial charge >= 0.3 is 5.97 Å². The summed E-state index contributed by atoms with van der Waals surface area (Å²) in [7, 11) is 0. The highest BCUT2D eigenvalue weighted by Crippen LogP contribution is 2.21. The Bertz CT molecular complexity index is 875. The summed E-state index contributed by atoms with van der Waals surface area (Å²) >= 11 is 1.15. The van der Waals surface area contributed by atoms with E-state index in [1.54, 1.807) is 24.3 Å². The number of carbonyl (C=O) groups excluding carboxylic acids is 2. The van der Waals surface area contributed by atoms with Crippen LogP contribution in [0.15, 0.2) is 53.4 Å². The summed E-state index contributed by atoms with van der Waals surface area (Å²) in [4.78, 5) is 34.7. The Kier molecular flexibility index (Phi) is 6.91. The third-order valence-electron chi connectivity index (χ3n) is 3.36. The Balaban J connectivity index is 1.80. The van der Waals surface area contributed by atoms with Crippen molar-refractivity contribution in [2.24, 2.45) is 0 Å². The van der Waals surface area contributed by atoms with Crippen LogP contribution in [0.4, 0.5) is 11.4 Å². The van der Waals surface area contributed by atoms with Crippen LogP contribution in [-0.2, 0) is 14.3 Å². The number of thioether (sulfide) groups is 1. The molecule has 0 saturated heterocycles. The molecule has 0 fully saturated rings. The Morgan fingerprint density at radius 2 is 1.85 bits per heavy atom. The molecule has 9 heteroatoms. The van der Waals surface area contributed by atoms with Gasteiger partial charge in [-0.05, 0) is 43.3 Å². The molecule has 0 spiro atoms. The Morgan fingerprint density at radius 1 is 1.22 bits per heavy atom. The monoisotopic (exact) mass is 385 g/mol. The number of esters is 1. The molecule has 0 saturated carbocycles. The zero-order valence-electron chi connectivity index (χ0n) is 14.2. The lowest BCUT2D eigenvalue weighted by molar-refractivity contribution is -0.384. The number of nitro benzene ring substituents is 1. The number of nitrogens with zero attached hydrogens (tertiary/aromatic N) is 2. The lowest BCUT2D eigenvalue weighted by Gasteiger charge is -2.13. The first-order valence-electron chi connectivity index (χ1n) is 7.77. The lowest BCUT2D eigenvalue weighted by Crippen LogP contribution is -2.30. The highest BCUT2D eigenvalue weighted by atomic mass is 32.2.